The fourth-order valence-corrected chi connectivity index (χ4v) is 4.32. The topological polar surface area (TPSA) is 152 Å². The molecule has 11 heteroatoms. The summed E-state index contributed by atoms with van der Waals surface area (Å²) in [5, 5.41) is 33.7. The first kappa shape index (κ1) is 23.8. The lowest BCUT2D eigenvalue weighted by Gasteiger charge is -2.27. The molecule has 162 valence electrons. The standard InChI is InChI=1S/C19H24N4O5S2/c1-30(27,28)23-19-22-15(12-29-19)18(26)21-14(11-13-7-3-2-4-8-13)17(25)16(24)9-5-6-10-20/h2-4,7-8,12,14,16-17,24-25H,5-6,9,11H2,1H3,(H,21,26)(H,22,23). The number of benzene rings is 1. The molecule has 0 aliphatic heterocycles. The van der Waals surface area contributed by atoms with Gasteiger partial charge in [-0.1, -0.05) is 30.3 Å². The molecule has 1 aromatic heterocycles. The van der Waals surface area contributed by atoms with Crippen molar-refractivity contribution in [1.82, 2.24) is 10.3 Å². The van der Waals surface area contributed by atoms with Gasteiger partial charge in [-0.3, -0.25) is 9.52 Å². The molecule has 2 aromatic rings. The first-order valence-corrected chi connectivity index (χ1v) is 12.0. The van der Waals surface area contributed by atoms with Gasteiger partial charge in [0.15, 0.2) is 5.13 Å². The van der Waals surface area contributed by atoms with E-state index in [0.29, 0.717) is 6.42 Å². The van der Waals surface area contributed by atoms with Gasteiger partial charge in [0.05, 0.1) is 24.5 Å². The van der Waals surface area contributed by atoms with Crippen molar-refractivity contribution in [2.45, 2.75) is 43.9 Å². The number of aromatic nitrogens is 1. The summed E-state index contributed by atoms with van der Waals surface area (Å²) >= 11 is 0.959. The molecule has 0 saturated heterocycles. The third kappa shape index (κ3) is 7.72. The predicted molar refractivity (Wildman–Crippen MR) is 113 cm³/mol. The van der Waals surface area contributed by atoms with E-state index in [1.807, 2.05) is 36.4 Å². The number of unbranched alkanes of at least 4 members (excludes halogenated alkanes) is 1. The highest BCUT2D eigenvalue weighted by Crippen LogP contribution is 2.18. The Morgan fingerprint density at radius 1 is 1.30 bits per heavy atom. The first-order chi connectivity index (χ1) is 14.2. The van der Waals surface area contributed by atoms with E-state index in [1.165, 1.54) is 5.38 Å². The molecule has 0 bridgehead atoms. The number of nitrogens with one attached hydrogen (secondary N) is 2. The van der Waals surface area contributed by atoms with E-state index < -0.39 is 34.2 Å². The average molecular weight is 453 g/mol. The Morgan fingerprint density at radius 3 is 2.63 bits per heavy atom. The van der Waals surface area contributed by atoms with E-state index in [-0.39, 0.29) is 30.1 Å². The normalized spacial score (nSPS) is 14.3. The van der Waals surface area contributed by atoms with Crippen molar-refractivity contribution >= 4 is 32.4 Å². The Balaban J connectivity index is 2.13. The van der Waals surface area contributed by atoms with E-state index >= 15 is 0 Å². The number of thiazole rings is 1. The second-order valence-electron chi connectivity index (χ2n) is 6.79. The third-order valence-electron chi connectivity index (χ3n) is 4.22. The van der Waals surface area contributed by atoms with Crippen LogP contribution in [-0.2, 0) is 16.4 Å². The number of rotatable bonds is 11. The van der Waals surface area contributed by atoms with Gasteiger partial charge in [0.25, 0.3) is 5.91 Å². The molecular weight excluding hydrogens is 428 g/mol. The molecule has 2 rings (SSSR count). The van der Waals surface area contributed by atoms with Crippen molar-refractivity contribution in [3.05, 3.63) is 47.0 Å². The van der Waals surface area contributed by atoms with E-state index in [2.05, 4.69) is 15.0 Å². The van der Waals surface area contributed by atoms with Crippen LogP contribution in [0.4, 0.5) is 5.13 Å². The summed E-state index contributed by atoms with van der Waals surface area (Å²) in [4.78, 5) is 16.6. The molecule has 3 atom stereocenters. The lowest BCUT2D eigenvalue weighted by Crippen LogP contribution is -2.49. The Morgan fingerprint density at radius 2 is 2.00 bits per heavy atom. The molecule has 1 amide bonds. The molecule has 1 heterocycles. The molecule has 0 spiro atoms. The van der Waals surface area contributed by atoms with Crippen molar-refractivity contribution in [3.63, 3.8) is 0 Å². The van der Waals surface area contributed by atoms with Crippen molar-refractivity contribution < 1.29 is 23.4 Å². The van der Waals surface area contributed by atoms with Crippen molar-refractivity contribution in [2.24, 2.45) is 0 Å². The van der Waals surface area contributed by atoms with Crippen LogP contribution in [0.25, 0.3) is 0 Å². The Kier molecular flexibility index (Phi) is 8.73. The zero-order valence-corrected chi connectivity index (χ0v) is 18.0. The van der Waals surface area contributed by atoms with Crippen molar-refractivity contribution in [1.29, 1.82) is 5.26 Å². The van der Waals surface area contributed by atoms with Crippen LogP contribution in [0.15, 0.2) is 35.7 Å². The number of amides is 1. The number of anilines is 1. The molecule has 30 heavy (non-hydrogen) atoms. The van der Waals surface area contributed by atoms with E-state index in [9.17, 15) is 23.4 Å². The highest BCUT2D eigenvalue weighted by atomic mass is 32.2. The summed E-state index contributed by atoms with van der Waals surface area (Å²) < 4.78 is 24.8. The Labute approximate surface area is 179 Å². The lowest BCUT2D eigenvalue weighted by molar-refractivity contribution is -0.00791. The van der Waals surface area contributed by atoms with Crippen LogP contribution in [0.1, 0.15) is 35.3 Å². The highest BCUT2D eigenvalue weighted by molar-refractivity contribution is 7.92. The average Bonchev–Trinajstić information content (AvgIpc) is 3.14. The lowest BCUT2D eigenvalue weighted by atomic mass is 9.95. The van der Waals surface area contributed by atoms with Gasteiger partial charge >= 0.3 is 0 Å². The van der Waals surface area contributed by atoms with Gasteiger partial charge in [-0.05, 0) is 24.8 Å². The van der Waals surface area contributed by atoms with Crippen LogP contribution in [0.3, 0.4) is 0 Å². The summed E-state index contributed by atoms with van der Waals surface area (Å²) in [6.45, 7) is 0. The van der Waals surface area contributed by atoms with Crippen LogP contribution >= 0.6 is 11.3 Å². The molecule has 3 unspecified atom stereocenters. The Hall–Kier alpha value is -2.52. The zero-order chi connectivity index (χ0) is 22.1. The fourth-order valence-electron chi connectivity index (χ4n) is 2.78. The second kappa shape index (κ2) is 11.0. The first-order valence-electron chi connectivity index (χ1n) is 9.21. The molecule has 4 N–H and O–H groups in total. The van der Waals surface area contributed by atoms with Gasteiger partial charge in [0.2, 0.25) is 10.0 Å². The SMILES string of the molecule is CS(=O)(=O)Nc1nc(C(=O)NC(Cc2ccccc2)C(O)C(O)CCCC#N)cs1. The maximum absolute atomic E-state index is 12.6. The summed E-state index contributed by atoms with van der Waals surface area (Å²) in [5.74, 6) is -0.600. The Bertz CT molecular complexity index is 972. The molecule has 0 fully saturated rings. The van der Waals surface area contributed by atoms with Crippen LogP contribution < -0.4 is 10.0 Å². The van der Waals surface area contributed by atoms with Crippen molar-refractivity contribution in [2.75, 3.05) is 11.0 Å². The largest absolute Gasteiger partial charge is 0.390 e. The molecule has 0 saturated carbocycles. The van der Waals surface area contributed by atoms with Crippen LogP contribution in [-0.4, -0.2) is 54.0 Å². The molecule has 0 aliphatic rings. The van der Waals surface area contributed by atoms with E-state index in [4.69, 9.17) is 5.26 Å². The number of nitrogens with zero attached hydrogens (tertiary/aromatic N) is 2. The maximum atomic E-state index is 12.6. The number of hydrogen-bond acceptors (Lipinski definition) is 8. The minimum absolute atomic E-state index is 0.00428. The van der Waals surface area contributed by atoms with Gasteiger partial charge in [0, 0.05) is 11.8 Å². The number of nitriles is 1. The number of aliphatic hydroxyl groups excluding tert-OH is 2. The number of hydrogen-bond donors (Lipinski definition) is 4. The fraction of sp³-hybridized carbons (Fsp3) is 0.421. The van der Waals surface area contributed by atoms with Crippen LogP contribution in [0.2, 0.25) is 0 Å². The number of sulfonamides is 1. The second-order valence-corrected chi connectivity index (χ2v) is 9.40. The number of aliphatic hydroxyl groups is 2. The molecule has 9 nitrogen and oxygen atoms in total. The quantitative estimate of drug-likeness (QED) is 0.375. The van der Waals surface area contributed by atoms with Gasteiger partial charge < -0.3 is 15.5 Å². The minimum Gasteiger partial charge on any atom is -0.390 e. The summed E-state index contributed by atoms with van der Waals surface area (Å²) in [7, 11) is -3.52. The predicted octanol–water partition coefficient (Wildman–Crippen LogP) is 1.27. The molecule has 0 radical (unpaired) electrons. The van der Waals surface area contributed by atoms with E-state index in [1.54, 1.807) is 0 Å². The summed E-state index contributed by atoms with van der Waals surface area (Å²) in [6, 6.07) is 10.3. The molecule has 1 aromatic carbocycles. The van der Waals surface area contributed by atoms with Crippen molar-refractivity contribution in [3.8, 4) is 6.07 Å². The van der Waals surface area contributed by atoms with Crippen LogP contribution in [0.5, 0.6) is 0 Å². The van der Waals surface area contributed by atoms with Gasteiger partial charge in [-0.2, -0.15) is 5.26 Å². The third-order valence-corrected chi connectivity index (χ3v) is 5.67. The van der Waals surface area contributed by atoms with Gasteiger partial charge in [-0.15, -0.1) is 11.3 Å². The smallest absolute Gasteiger partial charge is 0.271 e. The zero-order valence-electron chi connectivity index (χ0n) is 16.4. The van der Waals surface area contributed by atoms with Gasteiger partial charge in [-0.25, -0.2) is 13.4 Å². The highest BCUT2D eigenvalue weighted by Gasteiger charge is 2.28. The maximum Gasteiger partial charge on any atom is 0.271 e. The van der Waals surface area contributed by atoms with Gasteiger partial charge in [0.1, 0.15) is 11.8 Å². The number of carbonyl (C=O) groups excluding carboxylic acids is 1. The molecule has 0 aliphatic carbocycles. The summed E-state index contributed by atoms with van der Waals surface area (Å²) in [5.41, 5.74) is 0.846. The monoisotopic (exact) mass is 452 g/mol. The minimum atomic E-state index is -3.52. The molecular formula is C19H24N4O5S2. The van der Waals surface area contributed by atoms with Crippen LogP contribution in [0, 0.1) is 11.3 Å². The number of carbonyl (C=O) groups is 1. The van der Waals surface area contributed by atoms with E-state index in [0.717, 1.165) is 23.2 Å². The summed E-state index contributed by atoms with van der Waals surface area (Å²) in [6.07, 6.45) is -0.239.